The van der Waals surface area contributed by atoms with Crippen molar-refractivity contribution in [2.75, 3.05) is 13.1 Å². The first-order valence-corrected chi connectivity index (χ1v) is 10.0. The maximum absolute atomic E-state index is 13.6. The first-order valence-electron chi connectivity index (χ1n) is 10.0. The van der Waals surface area contributed by atoms with Crippen LogP contribution in [0.2, 0.25) is 0 Å². The number of likely N-dealkylation sites (tertiary alicyclic amines) is 1. The number of halogens is 1. The summed E-state index contributed by atoms with van der Waals surface area (Å²) in [6.07, 6.45) is 3.06. The van der Waals surface area contributed by atoms with E-state index in [1.165, 1.54) is 16.8 Å². The smallest absolute Gasteiger partial charge is 0.247 e. The normalized spacial score (nSPS) is 15.9. The van der Waals surface area contributed by atoms with Gasteiger partial charge in [-0.25, -0.2) is 9.07 Å². The van der Waals surface area contributed by atoms with Crippen molar-refractivity contribution in [3.63, 3.8) is 0 Å². The maximum Gasteiger partial charge on any atom is 0.247 e. The quantitative estimate of drug-likeness (QED) is 0.762. The fourth-order valence-electron chi connectivity index (χ4n) is 3.67. The monoisotopic (exact) mass is 402 g/mol. The number of hydrogen-bond acceptors (Lipinski definition) is 5. The largest absolute Gasteiger partial charge is 0.353 e. The predicted octanol–water partition coefficient (Wildman–Crippen LogP) is 1.81. The third-order valence-electron chi connectivity index (χ3n) is 5.20. The zero-order valence-electron chi connectivity index (χ0n) is 16.8. The van der Waals surface area contributed by atoms with Gasteiger partial charge in [-0.05, 0) is 54.3 Å². The Morgan fingerprint density at radius 3 is 2.69 bits per heavy atom. The molecule has 3 rings (SSSR count). The number of benzene rings is 1. The average Bonchev–Trinajstić information content (AvgIpc) is 3.12. The Kier molecular flexibility index (Phi) is 6.90. The SMILES string of the molecule is CCCC(=O)NC1CCN(C(=O)C(Cc2cccc(F)c2)n2nnnc2C)CC1. The van der Waals surface area contributed by atoms with Gasteiger partial charge in [-0.1, -0.05) is 19.1 Å². The van der Waals surface area contributed by atoms with Gasteiger partial charge < -0.3 is 10.2 Å². The molecule has 0 saturated carbocycles. The molecular formula is C20H27FN6O2. The summed E-state index contributed by atoms with van der Waals surface area (Å²) in [6.45, 7) is 4.81. The first kappa shape index (κ1) is 20.9. The van der Waals surface area contributed by atoms with E-state index >= 15 is 0 Å². The molecule has 1 aliphatic heterocycles. The Morgan fingerprint density at radius 1 is 1.31 bits per heavy atom. The molecule has 1 aliphatic rings. The van der Waals surface area contributed by atoms with Gasteiger partial charge in [0.1, 0.15) is 17.7 Å². The second-order valence-corrected chi connectivity index (χ2v) is 7.44. The fourth-order valence-corrected chi connectivity index (χ4v) is 3.67. The molecule has 1 aromatic heterocycles. The number of piperidine rings is 1. The van der Waals surface area contributed by atoms with Crippen molar-refractivity contribution in [2.24, 2.45) is 0 Å². The minimum Gasteiger partial charge on any atom is -0.353 e. The molecule has 2 aromatic rings. The van der Waals surface area contributed by atoms with Crippen LogP contribution < -0.4 is 5.32 Å². The van der Waals surface area contributed by atoms with Gasteiger partial charge in [0.05, 0.1) is 0 Å². The molecule has 0 spiro atoms. The number of amides is 2. The second kappa shape index (κ2) is 9.58. The summed E-state index contributed by atoms with van der Waals surface area (Å²) < 4.78 is 15.1. The zero-order valence-corrected chi connectivity index (χ0v) is 16.8. The molecule has 0 aliphatic carbocycles. The van der Waals surface area contributed by atoms with E-state index in [2.05, 4.69) is 20.8 Å². The van der Waals surface area contributed by atoms with Crippen molar-refractivity contribution < 1.29 is 14.0 Å². The first-order chi connectivity index (χ1) is 14.0. The summed E-state index contributed by atoms with van der Waals surface area (Å²) in [5.41, 5.74) is 0.708. The molecule has 1 saturated heterocycles. The van der Waals surface area contributed by atoms with Crippen LogP contribution in [0.3, 0.4) is 0 Å². The van der Waals surface area contributed by atoms with Crippen LogP contribution in [0.5, 0.6) is 0 Å². The lowest BCUT2D eigenvalue weighted by Crippen LogP contribution is -2.48. The summed E-state index contributed by atoms with van der Waals surface area (Å²) in [6, 6.07) is 5.67. The van der Waals surface area contributed by atoms with E-state index in [1.54, 1.807) is 24.0 Å². The fraction of sp³-hybridized carbons (Fsp3) is 0.550. The number of aromatic nitrogens is 4. The molecule has 29 heavy (non-hydrogen) atoms. The number of rotatable bonds is 7. The molecule has 156 valence electrons. The van der Waals surface area contributed by atoms with E-state index in [-0.39, 0.29) is 23.7 Å². The molecule has 9 heteroatoms. The van der Waals surface area contributed by atoms with E-state index in [1.807, 2.05) is 6.92 Å². The summed E-state index contributed by atoms with van der Waals surface area (Å²) in [5.74, 6) is 0.154. The number of tetrazole rings is 1. The van der Waals surface area contributed by atoms with Gasteiger partial charge in [0, 0.05) is 32.0 Å². The highest BCUT2D eigenvalue weighted by atomic mass is 19.1. The zero-order chi connectivity index (χ0) is 20.8. The molecule has 1 atom stereocenters. The number of nitrogens with zero attached hydrogens (tertiary/aromatic N) is 5. The van der Waals surface area contributed by atoms with E-state index in [0.717, 1.165) is 6.42 Å². The van der Waals surface area contributed by atoms with Crippen LogP contribution in [-0.2, 0) is 16.0 Å². The Morgan fingerprint density at radius 2 is 2.07 bits per heavy atom. The van der Waals surface area contributed by atoms with Crippen LogP contribution >= 0.6 is 0 Å². The minimum atomic E-state index is -0.641. The van der Waals surface area contributed by atoms with Crippen molar-refractivity contribution >= 4 is 11.8 Å². The lowest BCUT2D eigenvalue weighted by atomic mass is 10.0. The number of hydrogen-bond donors (Lipinski definition) is 1. The lowest BCUT2D eigenvalue weighted by Gasteiger charge is -2.34. The molecule has 8 nitrogen and oxygen atoms in total. The standard InChI is InChI=1S/C20H27FN6O2/c1-3-5-19(28)22-17-8-10-26(11-9-17)20(29)18(27-14(2)23-24-25-27)13-15-6-4-7-16(21)12-15/h4,6-7,12,17-18H,3,5,8-11,13H2,1-2H3,(H,22,28). The summed E-state index contributed by atoms with van der Waals surface area (Å²) in [4.78, 5) is 26.9. The molecule has 2 amide bonds. The van der Waals surface area contributed by atoms with E-state index in [0.29, 0.717) is 50.2 Å². The van der Waals surface area contributed by atoms with Crippen LogP contribution in [0.4, 0.5) is 4.39 Å². The van der Waals surface area contributed by atoms with Crippen LogP contribution in [0.1, 0.15) is 50.0 Å². The number of carbonyl (C=O) groups is 2. The molecule has 0 radical (unpaired) electrons. The highest BCUT2D eigenvalue weighted by molar-refractivity contribution is 5.81. The summed E-state index contributed by atoms with van der Waals surface area (Å²) in [7, 11) is 0. The van der Waals surface area contributed by atoms with Gasteiger partial charge in [-0.2, -0.15) is 0 Å². The van der Waals surface area contributed by atoms with Crippen molar-refractivity contribution in [2.45, 2.75) is 58.0 Å². The van der Waals surface area contributed by atoms with Gasteiger partial charge in [-0.3, -0.25) is 9.59 Å². The maximum atomic E-state index is 13.6. The highest BCUT2D eigenvalue weighted by Gasteiger charge is 2.31. The molecular weight excluding hydrogens is 375 g/mol. The molecule has 1 N–H and O–H groups in total. The van der Waals surface area contributed by atoms with Gasteiger partial charge in [-0.15, -0.1) is 5.10 Å². The van der Waals surface area contributed by atoms with Crippen molar-refractivity contribution in [3.05, 3.63) is 41.5 Å². The Hall–Kier alpha value is -2.84. The number of aryl methyl sites for hydroxylation is 1. The second-order valence-electron chi connectivity index (χ2n) is 7.44. The van der Waals surface area contributed by atoms with Gasteiger partial charge in [0.15, 0.2) is 0 Å². The van der Waals surface area contributed by atoms with E-state index in [9.17, 15) is 14.0 Å². The van der Waals surface area contributed by atoms with Gasteiger partial charge in [0.25, 0.3) is 0 Å². The van der Waals surface area contributed by atoms with E-state index in [4.69, 9.17) is 0 Å². The number of nitrogens with one attached hydrogen (secondary N) is 1. The topological polar surface area (TPSA) is 93.0 Å². The van der Waals surface area contributed by atoms with E-state index < -0.39 is 6.04 Å². The van der Waals surface area contributed by atoms with Crippen LogP contribution in [0, 0.1) is 12.7 Å². The van der Waals surface area contributed by atoms with Gasteiger partial charge >= 0.3 is 0 Å². The van der Waals surface area contributed by atoms with Crippen LogP contribution in [0.15, 0.2) is 24.3 Å². The van der Waals surface area contributed by atoms with Crippen molar-refractivity contribution in [3.8, 4) is 0 Å². The summed E-state index contributed by atoms with van der Waals surface area (Å²) >= 11 is 0. The molecule has 1 fully saturated rings. The molecule has 1 aromatic carbocycles. The minimum absolute atomic E-state index is 0.0607. The van der Waals surface area contributed by atoms with Crippen molar-refractivity contribution in [1.29, 1.82) is 0 Å². The van der Waals surface area contributed by atoms with Crippen LogP contribution in [-0.4, -0.2) is 56.1 Å². The molecule has 1 unspecified atom stereocenters. The predicted molar refractivity (Wildman–Crippen MR) is 104 cm³/mol. The number of carbonyl (C=O) groups excluding carboxylic acids is 2. The average molecular weight is 402 g/mol. The Labute approximate surface area is 169 Å². The third-order valence-corrected chi connectivity index (χ3v) is 5.20. The highest BCUT2D eigenvalue weighted by Crippen LogP contribution is 2.21. The molecule has 0 bridgehead atoms. The van der Waals surface area contributed by atoms with Crippen LogP contribution in [0.25, 0.3) is 0 Å². The van der Waals surface area contributed by atoms with Crippen molar-refractivity contribution in [1.82, 2.24) is 30.4 Å². The lowest BCUT2D eigenvalue weighted by molar-refractivity contribution is -0.136. The molecule has 2 heterocycles. The van der Waals surface area contributed by atoms with Gasteiger partial charge in [0.2, 0.25) is 11.8 Å². The Balaban J connectivity index is 1.69. The third kappa shape index (κ3) is 5.36. The Bertz CT molecular complexity index is 847. The summed E-state index contributed by atoms with van der Waals surface area (Å²) in [5, 5.41) is 14.6.